The van der Waals surface area contributed by atoms with Gasteiger partial charge in [0.1, 0.15) is 6.29 Å². The molecule has 0 aromatic heterocycles. The van der Waals surface area contributed by atoms with E-state index in [2.05, 4.69) is 26.8 Å². The molecule has 1 aromatic carbocycles. The first kappa shape index (κ1) is 9.45. The van der Waals surface area contributed by atoms with Gasteiger partial charge in [0.15, 0.2) is 0 Å². The third kappa shape index (κ3) is 1.37. The van der Waals surface area contributed by atoms with Gasteiger partial charge in [-0.15, -0.1) is 0 Å². The Bertz CT molecular complexity index is 386. The minimum atomic E-state index is 0.286. The average molecular weight is 188 g/mol. The molecule has 1 aliphatic carbocycles. The molecule has 1 nitrogen and oxygen atoms in total. The number of aldehydes is 1. The van der Waals surface area contributed by atoms with Crippen LogP contribution >= 0.6 is 0 Å². The van der Waals surface area contributed by atoms with Gasteiger partial charge in [-0.25, -0.2) is 0 Å². The van der Waals surface area contributed by atoms with Gasteiger partial charge >= 0.3 is 0 Å². The molecule has 1 fully saturated rings. The van der Waals surface area contributed by atoms with Crippen molar-refractivity contribution in [3.63, 3.8) is 0 Å². The summed E-state index contributed by atoms with van der Waals surface area (Å²) in [4.78, 5) is 11.0. The lowest BCUT2D eigenvalue weighted by atomic mass is 9.90. The molecule has 0 radical (unpaired) electrons. The van der Waals surface area contributed by atoms with Gasteiger partial charge in [0.25, 0.3) is 0 Å². The van der Waals surface area contributed by atoms with Crippen molar-refractivity contribution in [3.05, 3.63) is 34.4 Å². The van der Waals surface area contributed by atoms with Gasteiger partial charge in [0.2, 0.25) is 0 Å². The molecular formula is C13H16O. The topological polar surface area (TPSA) is 17.1 Å². The van der Waals surface area contributed by atoms with E-state index in [9.17, 15) is 4.79 Å². The highest BCUT2D eigenvalue weighted by molar-refractivity contribution is 5.79. The molecule has 14 heavy (non-hydrogen) atoms. The van der Waals surface area contributed by atoms with Crippen molar-refractivity contribution in [2.45, 2.75) is 39.0 Å². The van der Waals surface area contributed by atoms with Gasteiger partial charge in [-0.1, -0.05) is 13.0 Å². The summed E-state index contributed by atoms with van der Waals surface area (Å²) >= 11 is 0. The second-order valence-electron chi connectivity index (χ2n) is 4.70. The van der Waals surface area contributed by atoms with Crippen LogP contribution in [-0.4, -0.2) is 6.29 Å². The molecule has 0 saturated heterocycles. The van der Waals surface area contributed by atoms with E-state index in [1.807, 2.05) is 6.07 Å². The molecule has 0 unspecified atom stereocenters. The summed E-state index contributed by atoms with van der Waals surface area (Å²) < 4.78 is 0. The van der Waals surface area contributed by atoms with Crippen molar-refractivity contribution in [2.75, 3.05) is 0 Å². The molecule has 1 heteroatoms. The minimum absolute atomic E-state index is 0.286. The predicted octanol–water partition coefficient (Wildman–Crippen LogP) is 3.17. The lowest BCUT2D eigenvalue weighted by molar-refractivity contribution is 0.112. The number of aryl methyl sites for hydroxylation is 2. The van der Waals surface area contributed by atoms with Crippen molar-refractivity contribution < 1.29 is 4.79 Å². The highest BCUT2D eigenvalue weighted by atomic mass is 16.1. The first-order chi connectivity index (χ1) is 6.57. The van der Waals surface area contributed by atoms with E-state index in [0.717, 1.165) is 11.8 Å². The van der Waals surface area contributed by atoms with Gasteiger partial charge < -0.3 is 0 Å². The van der Waals surface area contributed by atoms with Gasteiger partial charge in [-0.3, -0.25) is 4.79 Å². The number of carbonyl (C=O) groups is 1. The predicted molar refractivity (Wildman–Crippen MR) is 57.9 cm³/mol. The van der Waals surface area contributed by atoms with Crippen molar-refractivity contribution in [1.82, 2.24) is 0 Å². The molecule has 0 atom stereocenters. The quantitative estimate of drug-likeness (QED) is 0.651. The summed E-state index contributed by atoms with van der Waals surface area (Å²) in [7, 11) is 0. The Morgan fingerprint density at radius 1 is 1.21 bits per heavy atom. The molecule has 0 N–H and O–H groups in total. The highest BCUT2D eigenvalue weighted by Gasteiger charge is 2.40. The average Bonchev–Trinajstić information content (AvgIpc) is 2.89. The lowest BCUT2D eigenvalue weighted by Crippen LogP contribution is -2.05. The van der Waals surface area contributed by atoms with Crippen LogP contribution in [0.1, 0.15) is 46.8 Å². The van der Waals surface area contributed by atoms with E-state index in [0.29, 0.717) is 0 Å². The third-order valence-electron chi connectivity index (χ3n) is 3.44. The second-order valence-corrected chi connectivity index (χ2v) is 4.70. The van der Waals surface area contributed by atoms with Gasteiger partial charge in [-0.05, 0) is 54.9 Å². The van der Waals surface area contributed by atoms with Crippen LogP contribution < -0.4 is 0 Å². The molecule has 1 aromatic rings. The number of carbonyl (C=O) groups excluding carboxylic acids is 1. The van der Waals surface area contributed by atoms with Crippen LogP contribution in [0.5, 0.6) is 0 Å². The van der Waals surface area contributed by atoms with E-state index >= 15 is 0 Å². The number of hydrogen-bond acceptors (Lipinski definition) is 1. The van der Waals surface area contributed by atoms with Gasteiger partial charge in [0.05, 0.1) is 0 Å². The van der Waals surface area contributed by atoms with Gasteiger partial charge in [0, 0.05) is 5.56 Å². The second kappa shape index (κ2) is 2.94. The Labute approximate surface area is 85.1 Å². The van der Waals surface area contributed by atoms with E-state index in [4.69, 9.17) is 0 Å². The number of benzene rings is 1. The van der Waals surface area contributed by atoms with Crippen molar-refractivity contribution in [2.24, 2.45) is 0 Å². The Morgan fingerprint density at radius 3 is 2.29 bits per heavy atom. The molecule has 2 rings (SSSR count). The standard InChI is InChI=1S/C13H16O/c1-9-6-11(8-14)12(7-10(9)2)13(3)4-5-13/h6-8H,4-5H2,1-3H3. The molecule has 1 saturated carbocycles. The first-order valence-corrected chi connectivity index (χ1v) is 5.14. The normalized spacial score (nSPS) is 17.9. The zero-order chi connectivity index (χ0) is 10.3. The lowest BCUT2D eigenvalue weighted by Gasteiger charge is -2.14. The zero-order valence-electron chi connectivity index (χ0n) is 9.05. The number of hydrogen-bond donors (Lipinski definition) is 0. The summed E-state index contributed by atoms with van der Waals surface area (Å²) in [5.41, 5.74) is 4.91. The van der Waals surface area contributed by atoms with Crippen LogP contribution in [0.4, 0.5) is 0 Å². The SMILES string of the molecule is Cc1cc(C=O)c(C2(C)CC2)cc1C. The van der Waals surface area contributed by atoms with E-state index in [1.54, 1.807) is 0 Å². The smallest absolute Gasteiger partial charge is 0.150 e. The van der Waals surface area contributed by atoms with E-state index < -0.39 is 0 Å². The fraction of sp³-hybridized carbons (Fsp3) is 0.462. The molecular weight excluding hydrogens is 172 g/mol. The molecule has 0 bridgehead atoms. The Kier molecular flexibility index (Phi) is 1.99. The zero-order valence-corrected chi connectivity index (χ0v) is 9.05. The van der Waals surface area contributed by atoms with Crippen molar-refractivity contribution >= 4 is 6.29 Å². The number of rotatable bonds is 2. The molecule has 74 valence electrons. The third-order valence-corrected chi connectivity index (χ3v) is 3.44. The maximum absolute atomic E-state index is 11.0. The molecule has 1 aliphatic rings. The molecule has 0 aliphatic heterocycles. The maximum atomic E-state index is 11.0. The first-order valence-electron chi connectivity index (χ1n) is 5.14. The Morgan fingerprint density at radius 2 is 1.79 bits per heavy atom. The van der Waals surface area contributed by atoms with Crippen molar-refractivity contribution in [3.8, 4) is 0 Å². The largest absolute Gasteiger partial charge is 0.298 e. The van der Waals surface area contributed by atoms with E-state index in [1.165, 1.54) is 29.5 Å². The van der Waals surface area contributed by atoms with Crippen molar-refractivity contribution in [1.29, 1.82) is 0 Å². The highest BCUT2D eigenvalue weighted by Crippen LogP contribution is 2.48. The molecule has 0 amide bonds. The maximum Gasteiger partial charge on any atom is 0.150 e. The summed E-state index contributed by atoms with van der Waals surface area (Å²) in [6, 6.07) is 4.20. The summed E-state index contributed by atoms with van der Waals surface area (Å²) in [6.45, 7) is 6.41. The van der Waals surface area contributed by atoms with Crippen LogP contribution in [0.3, 0.4) is 0 Å². The van der Waals surface area contributed by atoms with Crippen LogP contribution in [-0.2, 0) is 5.41 Å². The Balaban J connectivity index is 2.58. The monoisotopic (exact) mass is 188 g/mol. The molecule has 0 spiro atoms. The van der Waals surface area contributed by atoms with Crippen LogP contribution in [0.15, 0.2) is 12.1 Å². The fourth-order valence-electron chi connectivity index (χ4n) is 1.92. The minimum Gasteiger partial charge on any atom is -0.298 e. The summed E-state index contributed by atoms with van der Waals surface area (Å²) in [5, 5.41) is 0. The summed E-state index contributed by atoms with van der Waals surface area (Å²) in [6.07, 6.45) is 3.43. The van der Waals surface area contributed by atoms with E-state index in [-0.39, 0.29) is 5.41 Å². The Hall–Kier alpha value is -1.11. The molecule has 0 heterocycles. The van der Waals surface area contributed by atoms with Crippen LogP contribution in [0.25, 0.3) is 0 Å². The fourth-order valence-corrected chi connectivity index (χ4v) is 1.92. The summed E-state index contributed by atoms with van der Waals surface area (Å²) in [5.74, 6) is 0. The van der Waals surface area contributed by atoms with Gasteiger partial charge in [-0.2, -0.15) is 0 Å². The van der Waals surface area contributed by atoms with Crippen LogP contribution in [0, 0.1) is 13.8 Å². The van der Waals surface area contributed by atoms with Crippen LogP contribution in [0.2, 0.25) is 0 Å².